The largest absolute Gasteiger partial charge is 0.495 e. The average molecular weight is 493 g/mol. The third kappa shape index (κ3) is 5.24. The van der Waals surface area contributed by atoms with Crippen LogP contribution in [0.1, 0.15) is 0 Å². The van der Waals surface area contributed by atoms with Gasteiger partial charge in [-0.2, -0.15) is 4.31 Å². The Balaban J connectivity index is 1.38. The van der Waals surface area contributed by atoms with Crippen molar-refractivity contribution in [1.29, 1.82) is 0 Å². The molecule has 12 heteroatoms. The second-order valence-electron chi connectivity index (χ2n) is 7.40. The molecule has 1 amide bonds. The number of methoxy groups -OCH3 is 1. The SMILES string of the molecule is COc1ccc(S(=O)(=O)N2CCOCC2)cc1NC(=O)COC(=O)[C@@H]1COc2ccccc2O1. The van der Waals surface area contributed by atoms with Crippen molar-refractivity contribution < 1.29 is 41.7 Å². The first-order valence-electron chi connectivity index (χ1n) is 10.5. The Labute approximate surface area is 196 Å². The fourth-order valence-electron chi connectivity index (χ4n) is 3.43. The van der Waals surface area contributed by atoms with E-state index in [0.29, 0.717) is 24.7 Å². The Hall–Kier alpha value is -3.35. The van der Waals surface area contributed by atoms with E-state index >= 15 is 0 Å². The fourth-order valence-corrected chi connectivity index (χ4v) is 4.87. The lowest BCUT2D eigenvalue weighted by Gasteiger charge is -2.26. The maximum absolute atomic E-state index is 12.9. The molecule has 1 atom stereocenters. The summed E-state index contributed by atoms with van der Waals surface area (Å²) in [6, 6.07) is 11.0. The van der Waals surface area contributed by atoms with E-state index < -0.39 is 34.6 Å². The van der Waals surface area contributed by atoms with E-state index in [1.165, 1.54) is 29.6 Å². The molecule has 2 aliphatic heterocycles. The number of carbonyl (C=O) groups is 2. The van der Waals surface area contributed by atoms with Crippen molar-refractivity contribution in [3.63, 3.8) is 0 Å². The number of esters is 1. The van der Waals surface area contributed by atoms with Gasteiger partial charge in [0, 0.05) is 13.1 Å². The summed E-state index contributed by atoms with van der Waals surface area (Å²) in [5.74, 6) is -0.266. The Kier molecular flexibility index (Phi) is 7.20. The predicted molar refractivity (Wildman–Crippen MR) is 119 cm³/mol. The molecule has 34 heavy (non-hydrogen) atoms. The minimum Gasteiger partial charge on any atom is -0.495 e. The number of nitrogens with one attached hydrogen (secondary N) is 1. The highest BCUT2D eigenvalue weighted by Crippen LogP contribution is 2.31. The highest BCUT2D eigenvalue weighted by atomic mass is 32.2. The lowest BCUT2D eigenvalue weighted by Crippen LogP contribution is -2.40. The van der Waals surface area contributed by atoms with Gasteiger partial charge in [0.25, 0.3) is 5.91 Å². The Morgan fingerprint density at radius 2 is 1.85 bits per heavy atom. The summed E-state index contributed by atoms with van der Waals surface area (Å²) in [6.45, 7) is 0.445. The maximum atomic E-state index is 12.9. The third-order valence-electron chi connectivity index (χ3n) is 5.17. The molecule has 4 rings (SSSR count). The number of rotatable bonds is 7. The summed E-state index contributed by atoms with van der Waals surface area (Å²) in [7, 11) is -2.39. The molecular weight excluding hydrogens is 468 g/mol. The van der Waals surface area contributed by atoms with Crippen molar-refractivity contribution in [2.45, 2.75) is 11.0 Å². The molecule has 0 radical (unpaired) electrons. The molecule has 1 N–H and O–H groups in total. The third-order valence-corrected chi connectivity index (χ3v) is 7.06. The van der Waals surface area contributed by atoms with Gasteiger partial charge in [-0.3, -0.25) is 4.79 Å². The van der Waals surface area contributed by atoms with Crippen molar-refractivity contribution in [3.05, 3.63) is 42.5 Å². The van der Waals surface area contributed by atoms with Crippen molar-refractivity contribution in [1.82, 2.24) is 4.31 Å². The van der Waals surface area contributed by atoms with Gasteiger partial charge in [-0.05, 0) is 30.3 Å². The second kappa shape index (κ2) is 10.3. The molecule has 2 aromatic rings. The van der Waals surface area contributed by atoms with E-state index in [-0.39, 0.29) is 36.0 Å². The summed E-state index contributed by atoms with van der Waals surface area (Å²) < 4.78 is 53.7. The minimum atomic E-state index is -3.78. The number of para-hydroxylation sites is 2. The molecule has 0 unspecified atom stereocenters. The molecule has 182 valence electrons. The van der Waals surface area contributed by atoms with Crippen LogP contribution in [0.5, 0.6) is 17.2 Å². The Morgan fingerprint density at radius 1 is 1.12 bits per heavy atom. The lowest BCUT2D eigenvalue weighted by atomic mass is 10.2. The van der Waals surface area contributed by atoms with Crippen molar-refractivity contribution in [2.24, 2.45) is 0 Å². The molecule has 0 aliphatic carbocycles. The van der Waals surface area contributed by atoms with Crippen LogP contribution in [0.2, 0.25) is 0 Å². The van der Waals surface area contributed by atoms with Gasteiger partial charge >= 0.3 is 5.97 Å². The summed E-state index contributed by atoms with van der Waals surface area (Å²) in [4.78, 5) is 24.8. The molecule has 2 aliphatic rings. The van der Waals surface area contributed by atoms with E-state index in [1.54, 1.807) is 24.3 Å². The summed E-state index contributed by atoms with van der Waals surface area (Å²) in [5.41, 5.74) is 0.129. The number of ether oxygens (including phenoxy) is 5. The number of fused-ring (bicyclic) bond motifs is 1. The average Bonchev–Trinajstić information content (AvgIpc) is 2.87. The van der Waals surface area contributed by atoms with Crippen LogP contribution in [0.15, 0.2) is 47.4 Å². The topological polar surface area (TPSA) is 130 Å². The zero-order valence-corrected chi connectivity index (χ0v) is 19.2. The smallest absolute Gasteiger partial charge is 0.351 e. The quantitative estimate of drug-likeness (QED) is 0.564. The number of nitrogens with zero attached hydrogens (tertiary/aromatic N) is 1. The molecule has 2 aromatic carbocycles. The second-order valence-corrected chi connectivity index (χ2v) is 9.34. The molecule has 1 saturated heterocycles. The van der Waals surface area contributed by atoms with Gasteiger partial charge in [0.15, 0.2) is 18.1 Å². The summed E-state index contributed by atoms with van der Waals surface area (Å²) >= 11 is 0. The van der Waals surface area contributed by atoms with Gasteiger partial charge in [-0.15, -0.1) is 0 Å². The first-order valence-corrected chi connectivity index (χ1v) is 11.9. The van der Waals surface area contributed by atoms with E-state index in [9.17, 15) is 18.0 Å². The molecule has 0 spiro atoms. The van der Waals surface area contributed by atoms with Crippen LogP contribution in [-0.4, -0.2) is 77.3 Å². The molecule has 2 heterocycles. The number of carbonyl (C=O) groups excluding carboxylic acids is 2. The minimum absolute atomic E-state index is 0.00563. The van der Waals surface area contributed by atoms with E-state index in [4.69, 9.17) is 23.7 Å². The van der Waals surface area contributed by atoms with Crippen LogP contribution in [0, 0.1) is 0 Å². The van der Waals surface area contributed by atoms with E-state index in [1.807, 2.05) is 0 Å². The molecule has 0 aromatic heterocycles. The van der Waals surface area contributed by atoms with E-state index in [2.05, 4.69) is 5.32 Å². The van der Waals surface area contributed by atoms with Gasteiger partial charge in [-0.1, -0.05) is 12.1 Å². The first kappa shape index (κ1) is 23.8. The zero-order chi connectivity index (χ0) is 24.1. The summed E-state index contributed by atoms with van der Waals surface area (Å²) in [6.07, 6.45) is -1.01. The van der Waals surface area contributed by atoms with Crippen LogP contribution >= 0.6 is 0 Å². The van der Waals surface area contributed by atoms with Crippen LogP contribution in [0.4, 0.5) is 5.69 Å². The Bertz CT molecular complexity index is 1160. The van der Waals surface area contributed by atoms with Gasteiger partial charge < -0.3 is 29.0 Å². The van der Waals surface area contributed by atoms with Crippen molar-refractivity contribution >= 4 is 27.6 Å². The van der Waals surface area contributed by atoms with Crippen LogP contribution < -0.4 is 19.5 Å². The molecular formula is C22H24N2O9S. The Morgan fingerprint density at radius 3 is 2.59 bits per heavy atom. The molecule has 0 saturated carbocycles. The van der Waals surface area contributed by atoms with Crippen molar-refractivity contribution in [3.8, 4) is 17.2 Å². The highest BCUT2D eigenvalue weighted by Gasteiger charge is 2.30. The molecule has 1 fully saturated rings. The number of morpholine rings is 1. The first-order chi connectivity index (χ1) is 16.4. The van der Waals surface area contributed by atoms with Crippen LogP contribution in [0.25, 0.3) is 0 Å². The number of hydrogen-bond acceptors (Lipinski definition) is 9. The number of hydrogen-bond donors (Lipinski definition) is 1. The normalized spacial score (nSPS) is 18.1. The van der Waals surface area contributed by atoms with Crippen molar-refractivity contribution in [2.75, 3.05) is 51.9 Å². The predicted octanol–water partition coefficient (Wildman–Crippen LogP) is 1.04. The summed E-state index contributed by atoms with van der Waals surface area (Å²) in [5, 5.41) is 2.53. The van der Waals surface area contributed by atoms with Gasteiger partial charge in [0.05, 0.1) is 30.9 Å². The van der Waals surface area contributed by atoms with Crippen LogP contribution in [0.3, 0.4) is 0 Å². The maximum Gasteiger partial charge on any atom is 0.351 e. The number of benzene rings is 2. The van der Waals surface area contributed by atoms with Gasteiger partial charge in [-0.25, -0.2) is 13.2 Å². The molecule has 11 nitrogen and oxygen atoms in total. The standard InChI is InChI=1S/C22H24N2O9S/c1-29-17-7-6-15(34(27,28)24-8-10-30-11-9-24)12-16(17)23-21(25)14-32-22(26)20-13-31-18-4-2-3-5-19(18)33-20/h2-7,12,20H,8-11,13-14H2,1H3,(H,23,25)/t20-/m0/s1. The number of amides is 1. The van der Waals surface area contributed by atoms with Crippen LogP contribution in [-0.2, 0) is 29.1 Å². The fraction of sp³-hybridized carbons (Fsp3) is 0.364. The zero-order valence-electron chi connectivity index (χ0n) is 18.4. The molecule has 0 bridgehead atoms. The monoisotopic (exact) mass is 492 g/mol. The number of sulfonamides is 1. The van der Waals surface area contributed by atoms with Gasteiger partial charge in [0.2, 0.25) is 16.1 Å². The highest BCUT2D eigenvalue weighted by molar-refractivity contribution is 7.89. The number of anilines is 1. The van der Waals surface area contributed by atoms with Gasteiger partial charge in [0.1, 0.15) is 12.4 Å². The van der Waals surface area contributed by atoms with E-state index in [0.717, 1.165) is 0 Å². The lowest BCUT2D eigenvalue weighted by molar-refractivity contribution is -0.156.